The smallest absolute Gasteiger partial charge is 0.328 e. The number of thiol groups is 1. The summed E-state index contributed by atoms with van der Waals surface area (Å²) in [7, 11) is 0. The molecule has 0 saturated heterocycles. The maximum Gasteiger partial charge on any atom is 0.328 e. The van der Waals surface area contributed by atoms with Gasteiger partial charge in [-0.15, -0.1) is 0 Å². The van der Waals surface area contributed by atoms with Gasteiger partial charge in [-0.3, -0.25) is 10.1 Å². The fourth-order valence-electron chi connectivity index (χ4n) is 2.68. The quantitative estimate of drug-likeness (QED) is 0.499. The first-order chi connectivity index (χ1) is 12.7. The summed E-state index contributed by atoms with van der Waals surface area (Å²) in [5, 5.41) is 12.3. The van der Waals surface area contributed by atoms with Crippen molar-refractivity contribution in [2.75, 3.05) is 5.75 Å². The number of rotatable bonds is 7. The largest absolute Gasteiger partial charge is 0.480 e. The molecule has 0 heterocycles. The van der Waals surface area contributed by atoms with Crippen molar-refractivity contribution in [3.8, 4) is 11.1 Å². The predicted molar refractivity (Wildman–Crippen MR) is 109 cm³/mol. The monoisotopic (exact) mass is 387 g/mol. The molecule has 0 amide bonds. The average molecular weight is 388 g/mol. The molecule has 0 spiro atoms. The number of esters is 1. The van der Waals surface area contributed by atoms with Gasteiger partial charge in [0.05, 0.1) is 0 Å². The number of nitrogens with one attached hydrogen (secondary N) is 1. The summed E-state index contributed by atoms with van der Waals surface area (Å²) in [5.41, 5.74) is 1.73. The third kappa shape index (κ3) is 5.84. The average Bonchev–Trinajstić information content (AvgIpc) is 2.61. The van der Waals surface area contributed by atoms with Gasteiger partial charge in [0, 0.05) is 5.75 Å². The molecule has 0 fully saturated rings. The number of carboxylic acids is 1. The van der Waals surface area contributed by atoms with Crippen LogP contribution in [0, 0.1) is 0 Å². The first-order valence-corrected chi connectivity index (χ1v) is 9.33. The van der Waals surface area contributed by atoms with E-state index in [2.05, 4.69) is 17.9 Å². The Kier molecular flexibility index (Phi) is 7.05. The van der Waals surface area contributed by atoms with Gasteiger partial charge < -0.3 is 9.84 Å². The Labute approximate surface area is 165 Å². The van der Waals surface area contributed by atoms with E-state index in [0.29, 0.717) is 5.56 Å². The van der Waals surface area contributed by atoms with Gasteiger partial charge in [-0.2, -0.15) is 12.6 Å². The number of ether oxygens (including phenoxy) is 1. The number of aliphatic carboxylic acids is 1. The van der Waals surface area contributed by atoms with Crippen LogP contribution >= 0.6 is 12.6 Å². The Bertz CT molecular complexity index is 786. The summed E-state index contributed by atoms with van der Waals surface area (Å²) in [6.45, 7) is 5.33. The third-order valence-corrected chi connectivity index (χ3v) is 4.21. The molecular formula is C21H25NO4S. The minimum atomic E-state index is -1.07. The van der Waals surface area contributed by atoms with Gasteiger partial charge in [0.2, 0.25) is 0 Å². The molecule has 5 nitrogen and oxygen atoms in total. The van der Waals surface area contributed by atoms with E-state index in [0.717, 1.165) is 11.1 Å². The lowest BCUT2D eigenvalue weighted by atomic mass is 9.94. The zero-order chi connectivity index (χ0) is 20.0. The number of hydrogen-bond donors (Lipinski definition) is 3. The lowest BCUT2D eigenvalue weighted by Crippen LogP contribution is -2.45. The van der Waals surface area contributed by atoms with Crippen LogP contribution < -0.4 is 5.32 Å². The van der Waals surface area contributed by atoms with E-state index >= 15 is 0 Å². The summed E-state index contributed by atoms with van der Waals surface area (Å²) in [5.74, 6) is -1.56. The molecule has 0 aliphatic rings. The first kappa shape index (κ1) is 21.0. The maximum atomic E-state index is 12.9. The van der Waals surface area contributed by atoms with Gasteiger partial charge in [-0.1, -0.05) is 54.6 Å². The van der Waals surface area contributed by atoms with Crippen molar-refractivity contribution in [2.45, 2.75) is 38.5 Å². The Morgan fingerprint density at radius 2 is 1.67 bits per heavy atom. The predicted octanol–water partition coefficient (Wildman–Crippen LogP) is 3.71. The normalized spacial score (nSPS) is 13.6. The molecule has 1 unspecified atom stereocenters. The lowest BCUT2D eigenvalue weighted by molar-refractivity contribution is -0.158. The molecule has 27 heavy (non-hydrogen) atoms. The van der Waals surface area contributed by atoms with E-state index in [9.17, 15) is 14.7 Å². The van der Waals surface area contributed by atoms with Crippen molar-refractivity contribution < 1.29 is 19.4 Å². The molecule has 2 atom stereocenters. The van der Waals surface area contributed by atoms with Crippen LogP contribution in [0.15, 0.2) is 54.6 Å². The number of carboxylic acid groups (broad SMARTS) is 1. The van der Waals surface area contributed by atoms with Crippen LogP contribution in [0.25, 0.3) is 11.1 Å². The molecule has 0 aliphatic heterocycles. The van der Waals surface area contributed by atoms with Crippen LogP contribution in [0.1, 0.15) is 32.4 Å². The Morgan fingerprint density at radius 3 is 2.22 bits per heavy atom. The summed E-state index contributed by atoms with van der Waals surface area (Å²) >= 11 is 4.10. The standard InChI is InChI=1S/C21H25NO4S/c1-21(2,3)26-20(25)18(22-17(13-27)19(23)24)16-12-8-7-11-15(16)14-9-5-4-6-10-14/h4-12,17-18,22,27H,13H2,1-3H3,(H,23,24)/t17-,18?/m1/s1. The Hall–Kier alpha value is -2.31. The van der Waals surface area contributed by atoms with Gasteiger partial charge in [0.1, 0.15) is 17.7 Å². The summed E-state index contributed by atoms with van der Waals surface area (Å²) < 4.78 is 5.55. The summed E-state index contributed by atoms with van der Waals surface area (Å²) in [4.78, 5) is 24.4. The van der Waals surface area contributed by atoms with Crippen molar-refractivity contribution >= 4 is 24.6 Å². The Balaban J connectivity index is 2.50. The van der Waals surface area contributed by atoms with E-state index in [1.807, 2.05) is 48.5 Å². The number of hydrogen-bond acceptors (Lipinski definition) is 5. The molecule has 0 radical (unpaired) electrons. The summed E-state index contributed by atoms with van der Waals surface area (Å²) in [6, 6.07) is 15.1. The molecule has 144 valence electrons. The minimum Gasteiger partial charge on any atom is -0.480 e. The molecular weight excluding hydrogens is 362 g/mol. The minimum absolute atomic E-state index is 0.0438. The molecule has 0 aliphatic carbocycles. The molecule has 0 aromatic heterocycles. The van der Waals surface area contributed by atoms with Gasteiger partial charge in [0.25, 0.3) is 0 Å². The van der Waals surface area contributed by atoms with Gasteiger partial charge in [-0.05, 0) is 37.5 Å². The second kappa shape index (κ2) is 9.06. The summed E-state index contributed by atoms with van der Waals surface area (Å²) in [6.07, 6.45) is 0. The van der Waals surface area contributed by atoms with E-state index in [1.54, 1.807) is 26.8 Å². The van der Waals surface area contributed by atoms with E-state index in [1.165, 1.54) is 0 Å². The van der Waals surface area contributed by atoms with E-state index in [4.69, 9.17) is 4.74 Å². The van der Waals surface area contributed by atoms with Gasteiger partial charge >= 0.3 is 11.9 Å². The van der Waals surface area contributed by atoms with Crippen LogP contribution in [-0.2, 0) is 14.3 Å². The molecule has 0 saturated carbocycles. The van der Waals surface area contributed by atoms with E-state index in [-0.39, 0.29) is 5.75 Å². The number of benzene rings is 2. The van der Waals surface area contributed by atoms with Crippen molar-refractivity contribution in [3.63, 3.8) is 0 Å². The highest BCUT2D eigenvalue weighted by Gasteiger charge is 2.32. The molecule has 0 bridgehead atoms. The number of carbonyl (C=O) groups excluding carboxylic acids is 1. The first-order valence-electron chi connectivity index (χ1n) is 8.70. The molecule has 6 heteroatoms. The van der Waals surface area contributed by atoms with Crippen molar-refractivity contribution in [1.82, 2.24) is 5.32 Å². The fraction of sp³-hybridized carbons (Fsp3) is 0.333. The zero-order valence-electron chi connectivity index (χ0n) is 15.7. The SMILES string of the molecule is CC(C)(C)OC(=O)C(N[C@H](CS)C(=O)O)c1ccccc1-c1ccccc1. The van der Waals surface area contributed by atoms with Crippen LogP contribution in [-0.4, -0.2) is 34.4 Å². The molecule has 2 N–H and O–H groups in total. The second-order valence-electron chi connectivity index (χ2n) is 7.16. The fourth-order valence-corrected chi connectivity index (χ4v) is 2.94. The molecule has 2 aromatic rings. The van der Waals surface area contributed by atoms with Crippen molar-refractivity contribution in [2.24, 2.45) is 0 Å². The van der Waals surface area contributed by atoms with Gasteiger partial charge in [-0.25, -0.2) is 4.79 Å². The highest BCUT2D eigenvalue weighted by Crippen LogP contribution is 2.30. The topological polar surface area (TPSA) is 75.6 Å². The van der Waals surface area contributed by atoms with Crippen LogP contribution in [0.2, 0.25) is 0 Å². The number of carbonyl (C=O) groups is 2. The van der Waals surface area contributed by atoms with Gasteiger partial charge in [0.15, 0.2) is 0 Å². The highest BCUT2D eigenvalue weighted by atomic mass is 32.1. The second-order valence-corrected chi connectivity index (χ2v) is 7.52. The van der Waals surface area contributed by atoms with E-state index < -0.39 is 29.6 Å². The zero-order valence-corrected chi connectivity index (χ0v) is 16.6. The molecule has 2 rings (SSSR count). The van der Waals surface area contributed by atoms with Crippen molar-refractivity contribution in [3.05, 3.63) is 60.2 Å². The highest BCUT2D eigenvalue weighted by molar-refractivity contribution is 7.80. The Morgan fingerprint density at radius 1 is 1.07 bits per heavy atom. The third-order valence-electron chi connectivity index (χ3n) is 3.85. The van der Waals surface area contributed by atoms with Crippen LogP contribution in [0.5, 0.6) is 0 Å². The van der Waals surface area contributed by atoms with Crippen LogP contribution in [0.4, 0.5) is 0 Å². The van der Waals surface area contributed by atoms with Crippen LogP contribution in [0.3, 0.4) is 0 Å². The van der Waals surface area contributed by atoms with Crippen molar-refractivity contribution in [1.29, 1.82) is 0 Å². The maximum absolute atomic E-state index is 12.9. The molecule has 2 aromatic carbocycles. The lowest BCUT2D eigenvalue weighted by Gasteiger charge is -2.27.